The standard InChI is InChI=1S/C21H20N2O5/c1-14(22-21(25)27-13-15-9-5-3-6-10-15)19-23-17(20(24)26-2)18(28-19)16-11-7-4-8-12-16/h3-12,14H,13H2,1-2H3,(H,22,25)/t14-/m0/s1. The van der Waals surface area contributed by atoms with E-state index in [0.717, 1.165) is 5.56 Å². The first kappa shape index (κ1) is 19.2. The van der Waals surface area contributed by atoms with Crippen molar-refractivity contribution in [3.63, 3.8) is 0 Å². The predicted molar refractivity (Wildman–Crippen MR) is 101 cm³/mol. The van der Waals surface area contributed by atoms with Gasteiger partial charge in [-0.25, -0.2) is 14.6 Å². The van der Waals surface area contributed by atoms with Gasteiger partial charge in [-0.1, -0.05) is 60.7 Å². The number of aromatic nitrogens is 1. The zero-order valence-electron chi connectivity index (χ0n) is 15.5. The quantitative estimate of drug-likeness (QED) is 0.647. The first-order valence-corrected chi connectivity index (χ1v) is 8.70. The molecular formula is C21H20N2O5. The van der Waals surface area contributed by atoms with Gasteiger partial charge in [0.25, 0.3) is 0 Å². The van der Waals surface area contributed by atoms with Gasteiger partial charge in [-0.2, -0.15) is 0 Å². The number of hydrogen-bond donors (Lipinski definition) is 1. The van der Waals surface area contributed by atoms with Crippen molar-refractivity contribution in [3.8, 4) is 11.3 Å². The molecule has 2 aromatic carbocycles. The summed E-state index contributed by atoms with van der Waals surface area (Å²) in [6, 6.07) is 17.8. The fourth-order valence-electron chi connectivity index (χ4n) is 2.55. The van der Waals surface area contributed by atoms with E-state index in [4.69, 9.17) is 13.9 Å². The topological polar surface area (TPSA) is 90.7 Å². The maximum absolute atomic E-state index is 12.1. The van der Waals surface area contributed by atoms with Crippen LogP contribution in [-0.2, 0) is 16.1 Å². The van der Waals surface area contributed by atoms with Gasteiger partial charge in [0.15, 0.2) is 11.5 Å². The lowest BCUT2D eigenvalue weighted by Gasteiger charge is -2.11. The number of methoxy groups -OCH3 is 1. The second-order valence-corrected chi connectivity index (χ2v) is 6.02. The summed E-state index contributed by atoms with van der Waals surface area (Å²) in [5.41, 5.74) is 1.61. The van der Waals surface area contributed by atoms with Crippen molar-refractivity contribution in [3.05, 3.63) is 77.8 Å². The zero-order chi connectivity index (χ0) is 19.9. The van der Waals surface area contributed by atoms with Crippen molar-refractivity contribution >= 4 is 12.1 Å². The van der Waals surface area contributed by atoms with Gasteiger partial charge in [-0.15, -0.1) is 0 Å². The molecule has 0 spiro atoms. The van der Waals surface area contributed by atoms with Crippen LogP contribution >= 0.6 is 0 Å². The van der Waals surface area contributed by atoms with Crippen LogP contribution in [0, 0.1) is 0 Å². The molecule has 1 atom stereocenters. The van der Waals surface area contributed by atoms with Crippen LogP contribution in [-0.4, -0.2) is 24.2 Å². The number of rotatable bonds is 6. The fourth-order valence-corrected chi connectivity index (χ4v) is 2.55. The second-order valence-electron chi connectivity index (χ2n) is 6.02. The first-order valence-electron chi connectivity index (χ1n) is 8.70. The lowest BCUT2D eigenvalue weighted by atomic mass is 10.1. The molecule has 1 N–H and O–H groups in total. The van der Waals surface area contributed by atoms with Crippen LogP contribution in [0.3, 0.4) is 0 Å². The van der Waals surface area contributed by atoms with Crippen molar-refractivity contribution in [2.45, 2.75) is 19.6 Å². The summed E-state index contributed by atoms with van der Waals surface area (Å²) in [5, 5.41) is 2.65. The van der Waals surface area contributed by atoms with Crippen molar-refractivity contribution in [2.75, 3.05) is 7.11 Å². The summed E-state index contributed by atoms with van der Waals surface area (Å²) in [5.74, 6) is -0.155. The molecule has 3 rings (SSSR count). The number of benzene rings is 2. The third-order valence-electron chi connectivity index (χ3n) is 3.98. The first-order chi connectivity index (χ1) is 13.6. The fraction of sp³-hybridized carbons (Fsp3) is 0.190. The van der Waals surface area contributed by atoms with Crippen LogP contribution in [0.25, 0.3) is 11.3 Å². The molecular weight excluding hydrogens is 360 g/mol. The van der Waals surface area contributed by atoms with Gasteiger partial charge < -0.3 is 19.2 Å². The Kier molecular flexibility index (Phi) is 6.06. The van der Waals surface area contributed by atoms with Crippen LogP contribution in [0.5, 0.6) is 0 Å². The van der Waals surface area contributed by atoms with E-state index < -0.39 is 18.1 Å². The zero-order valence-corrected chi connectivity index (χ0v) is 15.5. The highest BCUT2D eigenvalue weighted by atomic mass is 16.5. The van der Waals surface area contributed by atoms with Gasteiger partial charge >= 0.3 is 12.1 Å². The summed E-state index contributed by atoms with van der Waals surface area (Å²) < 4.78 is 15.8. The summed E-state index contributed by atoms with van der Waals surface area (Å²) in [6.45, 7) is 1.83. The smallest absolute Gasteiger partial charge is 0.408 e. The number of esters is 1. The Hall–Kier alpha value is -3.61. The lowest BCUT2D eigenvalue weighted by Crippen LogP contribution is -2.27. The van der Waals surface area contributed by atoms with Gasteiger partial charge in [0.2, 0.25) is 5.89 Å². The Labute approximate surface area is 162 Å². The number of ether oxygens (including phenoxy) is 2. The molecule has 0 fully saturated rings. The van der Waals surface area contributed by atoms with Crippen LogP contribution in [0.15, 0.2) is 65.1 Å². The Bertz CT molecular complexity index is 938. The molecule has 0 radical (unpaired) electrons. The van der Waals surface area contributed by atoms with Gasteiger partial charge in [-0.05, 0) is 12.5 Å². The molecule has 1 amide bonds. The average Bonchev–Trinajstić information content (AvgIpc) is 3.19. The summed E-state index contributed by atoms with van der Waals surface area (Å²) in [6.07, 6.45) is -0.615. The van der Waals surface area contributed by atoms with Crippen molar-refractivity contribution < 1.29 is 23.5 Å². The second kappa shape index (κ2) is 8.85. The van der Waals surface area contributed by atoms with Gasteiger partial charge in [0, 0.05) is 5.56 Å². The third kappa shape index (κ3) is 4.56. The van der Waals surface area contributed by atoms with Crippen LogP contribution in [0.4, 0.5) is 4.79 Å². The minimum absolute atomic E-state index is 0.0509. The van der Waals surface area contributed by atoms with E-state index in [1.807, 2.05) is 48.5 Å². The maximum Gasteiger partial charge on any atom is 0.408 e. The average molecular weight is 380 g/mol. The number of amides is 1. The number of oxazole rings is 1. The number of hydrogen-bond acceptors (Lipinski definition) is 6. The van der Waals surface area contributed by atoms with Crippen LogP contribution in [0.1, 0.15) is 34.9 Å². The SMILES string of the molecule is COC(=O)c1nc([C@H](C)NC(=O)OCc2ccccc2)oc1-c1ccccc1. The predicted octanol–water partition coefficient (Wildman–Crippen LogP) is 4.12. The molecule has 0 bridgehead atoms. The third-order valence-corrected chi connectivity index (χ3v) is 3.98. The molecule has 0 aliphatic rings. The van der Waals surface area contributed by atoms with Gasteiger partial charge in [0.05, 0.1) is 7.11 Å². The van der Waals surface area contributed by atoms with E-state index in [2.05, 4.69) is 10.3 Å². The molecule has 0 unspecified atom stereocenters. The number of nitrogens with zero attached hydrogens (tertiary/aromatic N) is 1. The van der Waals surface area contributed by atoms with E-state index >= 15 is 0 Å². The molecule has 0 saturated carbocycles. The van der Waals surface area contributed by atoms with Crippen molar-refractivity contribution in [1.29, 1.82) is 0 Å². The summed E-state index contributed by atoms with van der Waals surface area (Å²) in [7, 11) is 1.27. The number of carbonyl (C=O) groups excluding carboxylic acids is 2. The van der Waals surface area contributed by atoms with Gasteiger partial charge in [-0.3, -0.25) is 0 Å². The highest BCUT2D eigenvalue weighted by Gasteiger charge is 2.25. The Balaban J connectivity index is 1.72. The Morgan fingerprint density at radius 2 is 1.71 bits per heavy atom. The maximum atomic E-state index is 12.1. The molecule has 7 nitrogen and oxygen atoms in total. The van der Waals surface area contributed by atoms with E-state index in [0.29, 0.717) is 5.56 Å². The van der Waals surface area contributed by atoms with E-state index in [1.54, 1.807) is 19.1 Å². The highest BCUT2D eigenvalue weighted by Crippen LogP contribution is 2.28. The molecule has 7 heteroatoms. The number of alkyl carbamates (subject to hydrolysis) is 1. The highest BCUT2D eigenvalue weighted by molar-refractivity contribution is 5.93. The molecule has 0 saturated heterocycles. The number of nitrogens with one attached hydrogen (secondary N) is 1. The van der Waals surface area contributed by atoms with E-state index in [1.165, 1.54) is 7.11 Å². The minimum Gasteiger partial charge on any atom is -0.464 e. The molecule has 0 aliphatic heterocycles. The van der Waals surface area contributed by atoms with Crippen LogP contribution in [0.2, 0.25) is 0 Å². The molecule has 144 valence electrons. The largest absolute Gasteiger partial charge is 0.464 e. The molecule has 1 heterocycles. The van der Waals surface area contributed by atoms with E-state index in [9.17, 15) is 9.59 Å². The van der Waals surface area contributed by atoms with Crippen molar-refractivity contribution in [2.24, 2.45) is 0 Å². The number of carbonyl (C=O) groups is 2. The molecule has 28 heavy (non-hydrogen) atoms. The molecule has 3 aromatic rings. The normalized spacial score (nSPS) is 11.5. The van der Waals surface area contributed by atoms with Crippen LogP contribution < -0.4 is 5.32 Å². The van der Waals surface area contributed by atoms with E-state index in [-0.39, 0.29) is 24.0 Å². The minimum atomic E-state index is -0.618. The molecule has 0 aliphatic carbocycles. The summed E-state index contributed by atoms with van der Waals surface area (Å²) >= 11 is 0. The Morgan fingerprint density at radius 1 is 1.07 bits per heavy atom. The molecule has 1 aromatic heterocycles. The monoisotopic (exact) mass is 380 g/mol. The lowest BCUT2D eigenvalue weighted by molar-refractivity contribution is 0.0595. The van der Waals surface area contributed by atoms with Crippen molar-refractivity contribution in [1.82, 2.24) is 10.3 Å². The summed E-state index contributed by atoms with van der Waals surface area (Å²) in [4.78, 5) is 28.3. The Morgan fingerprint density at radius 3 is 2.36 bits per heavy atom. The van der Waals surface area contributed by atoms with Gasteiger partial charge in [0.1, 0.15) is 12.6 Å².